The highest BCUT2D eigenvalue weighted by atomic mass is 35.5. The fourth-order valence-electron chi connectivity index (χ4n) is 1.72. The molecule has 2 rings (SSSR count). The van der Waals surface area contributed by atoms with Gasteiger partial charge in [-0.3, -0.25) is 4.79 Å². The molecule has 1 amide bonds. The molecule has 0 aliphatic carbocycles. The molecule has 0 fully saturated rings. The quantitative estimate of drug-likeness (QED) is 0.459. The van der Waals surface area contributed by atoms with Gasteiger partial charge < -0.3 is 10.2 Å². The molecule has 116 valence electrons. The Morgan fingerprint density at radius 3 is 2.87 bits per heavy atom. The van der Waals surface area contributed by atoms with Crippen molar-refractivity contribution < 1.29 is 15.0 Å². The molecule has 0 aliphatic heterocycles. The predicted octanol–water partition coefficient (Wildman–Crippen LogP) is 2.15. The van der Waals surface area contributed by atoms with Gasteiger partial charge in [-0.1, -0.05) is 35.6 Å². The monoisotopic (exact) mass is 328 g/mol. The number of nitrogens with zero attached hydrogens (tertiary/aromatic N) is 1. The zero-order valence-electron chi connectivity index (χ0n) is 12.0. The molecule has 0 spiro atoms. The molecule has 0 saturated heterocycles. The third-order valence-corrected chi connectivity index (χ3v) is 3.09. The lowest BCUT2D eigenvalue weighted by Gasteiger charge is -2.02. The zero-order chi connectivity index (χ0) is 16.7. The standard InChI is InChI=1S/C17H13ClN2O3/c18-15-10-14(6-7-16(15)22)17(23)20-19-11-13-4-1-3-12(9-13)5-2-8-21/h1,3-4,6-7,9-11,21-22H,8H2,(H,20,23). The number of hydrogen-bond donors (Lipinski definition) is 3. The summed E-state index contributed by atoms with van der Waals surface area (Å²) < 4.78 is 0. The van der Waals surface area contributed by atoms with Crippen molar-refractivity contribution in [1.82, 2.24) is 5.43 Å². The molecule has 0 saturated carbocycles. The van der Waals surface area contributed by atoms with Crippen LogP contribution in [-0.2, 0) is 0 Å². The highest BCUT2D eigenvalue weighted by molar-refractivity contribution is 6.32. The van der Waals surface area contributed by atoms with Crippen molar-refractivity contribution in [2.24, 2.45) is 5.10 Å². The molecule has 23 heavy (non-hydrogen) atoms. The Bertz CT molecular complexity index is 807. The van der Waals surface area contributed by atoms with Crippen molar-refractivity contribution in [1.29, 1.82) is 0 Å². The number of carbonyl (C=O) groups is 1. The number of aromatic hydroxyl groups is 1. The number of nitrogens with one attached hydrogen (secondary N) is 1. The maximum Gasteiger partial charge on any atom is 0.271 e. The number of carbonyl (C=O) groups excluding carboxylic acids is 1. The van der Waals surface area contributed by atoms with Crippen LogP contribution in [0.5, 0.6) is 5.75 Å². The molecule has 0 aliphatic rings. The first-order valence-corrected chi connectivity index (χ1v) is 6.99. The summed E-state index contributed by atoms with van der Waals surface area (Å²) in [5.41, 5.74) is 4.14. The van der Waals surface area contributed by atoms with Gasteiger partial charge in [-0.05, 0) is 35.9 Å². The van der Waals surface area contributed by atoms with Crippen LogP contribution >= 0.6 is 11.6 Å². The van der Waals surface area contributed by atoms with Crippen molar-refractivity contribution in [3.63, 3.8) is 0 Å². The number of halogens is 1. The molecule has 2 aromatic rings. The summed E-state index contributed by atoms with van der Waals surface area (Å²) in [5, 5.41) is 21.9. The van der Waals surface area contributed by atoms with Gasteiger partial charge in [0.15, 0.2) is 0 Å². The van der Waals surface area contributed by atoms with E-state index in [2.05, 4.69) is 22.4 Å². The highest BCUT2D eigenvalue weighted by Gasteiger charge is 2.07. The number of hydrazone groups is 1. The van der Waals surface area contributed by atoms with Crippen LogP contribution < -0.4 is 5.43 Å². The van der Waals surface area contributed by atoms with E-state index in [1.54, 1.807) is 24.3 Å². The van der Waals surface area contributed by atoms with Crippen LogP contribution in [0.2, 0.25) is 5.02 Å². The minimum absolute atomic E-state index is 0.0903. The second kappa shape index (κ2) is 7.99. The fourth-order valence-corrected chi connectivity index (χ4v) is 1.90. The van der Waals surface area contributed by atoms with Crippen LogP contribution in [-0.4, -0.2) is 28.9 Å². The van der Waals surface area contributed by atoms with Crippen molar-refractivity contribution in [2.45, 2.75) is 0 Å². The molecule has 0 heterocycles. The summed E-state index contributed by atoms with van der Waals surface area (Å²) in [7, 11) is 0. The molecular formula is C17H13ClN2O3. The van der Waals surface area contributed by atoms with Gasteiger partial charge in [0.1, 0.15) is 12.4 Å². The first-order chi connectivity index (χ1) is 11.1. The van der Waals surface area contributed by atoms with Crippen LogP contribution in [0.3, 0.4) is 0 Å². The minimum atomic E-state index is -0.445. The van der Waals surface area contributed by atoms with Crippen molar-refractivity contribution in [3.8, 4) is 17.6 Å². The van der Waals surface area contributed by atoms with E-state index in [-0.39, 0.29) is 22.9 Å². The van der Waals surface area contributed by atoms with Crippen molar-refractivity contribution >= 4 is 23.7 Å². The first-order valence-electron chi connectivity index (χ1n) is 6.62. The molecule has 5 nitrogen and oxygen atoms in total. The summed E-state index contributed by atoms with van der Waals surface area (Å²) >= 11 is 5.75. The summed E-state index contributed by atoms with van der Waals surface area (Å²) in [6.45, 7) is -0.205. The average Bonchev–Trinajstić information content (AvgIpc) is 2.55. The van der Waals surface area contributed by atoms with E-state index in [9.17, 15) is 9.90 Å². The van der Waals surface area contributed by atoms with Crippen molar-refractivity contribution in [2.75, 3.05) is 6.61 Å². The van der Waals surface area contributed by atoms with E-state index in [4.69, 9.17) is 16.7 Å². The second-order valence-corrected chi connectivity index (χ2v) is 4.86. The summed E-state index contributed by atoms with van der Waals surface area (Å²) in [6.07, 6.45) is 1.48. The molecule has 0 atom stereocenters. The average molecular weight is 329 g/mol. The van der Waals surface area contributed by atoms with E-state index in [1.807, 2.05) is 0 Å². The lowest BCUT2D eigenvalue weighted by molar-refractivity contribution is 0.0955. The van der Waals surface area contributed by atoms with Crippen LogP contribution in [0.4, 0.5) is 0 Å². The third-order valence-electron chi connectivity index (χ3n) is 2.79. The number of phenolic OH excluding ortho intramolecular Hbond substituents is 1. The number of hydrogen-bond acceptors (Lipinski definition) is 4. The van der Waals surface area contributed by atoms with Gasteiger partial charge in [0.2, 0.25) is 0 Å². The van der Waals surface area contributed by atoms with Crippen LogP contribution in [0.15, 0.2) is 47.6 Å². The molecule has 3 N–H and O–H groups in total. The van der Waals surface area contributed by atoms with Gasteiger partial charge in [-0.15, -0.1) is 0 Å². The van der Waals surface area contributed by atoms with Crippen LogP contribution in [0, 0.1) is 11.8 Å². The van der Waals surface area contributed by atoms with E-state index in [0.29, 0.717) is 0 Å². The van der Waals surface area contributed by atoms with E-state index < -0.39 is 5.91 Å². The number of rotatable bonds is 3. The maximum absolute atomic E-state index is 11.9. The van der Waals surface area contributed by atoms with E-state index >= 15 is 0 Å². The summed E-state index contributed by atoms with van der Waals surface area (Å²) in [6, 6.07) is 11.3. The van der Waals surface area contributed by atoms with Gasteiger partial charge in [0, 0.05) is 11.1 Å². The summed E-state index contributed by atoms with van der Waals surface area (Å²) in [5.74, 6) is 4.80. The Hall–Kier alpha value is -2.81. The Morgan fingerprint density at radius 2 is 2.13 bits per heavy atom. The van der Waals surface area contributed by atoms with Gasteiger partial charge in [-0.2, -0.15) is 5.10 Å². The molecule has 0 aromatic heterocycles. The number of phenols is 1. The number of aliphatic hydroxyl groups is 1. The number of benzene rings is 2. The van der Waals surface area contributed by atoms with Gasteiger partial charge in [0.05, 0.1) is 11.2 Å². The van der Waals surface area contributed by atoms with Crippen LogP contribution in [0.25, 0.3) is 0 Å². The highest BCUT2D eigenvalue weighted by Crippen LogP contribution is 2.23. The van der Waals surface area contributed by atoms with Crippen LogP contribution in [0.1, 0.15) is 21.5 Å². The van der Waals surface area contributed by atoms with Crippen molar-refractivity contribution in [3.05, 3.63) is 64.2 Å². The lowest BCUT2D eigenvalue weighted by atomic mass is 10.1. The SMILES string of the molecule is O=C(NN=Cc1cccc(C#CCO)c1)c1ccc(O)c(Cl)c1. The molecular weight excluding hydrogens is 316 g/mol. The van der Waals surface area contributed by atoms with E-state index in [0.717, 1.165) is 11.1 Å². The third kappa shape index (κ3) is 4.85. The largest absolute Gasteiger partial charge is 0.506 e. The Balaban J connectivity index is 2.03. The maximum atomic E-state index is 11.9. The summed E-state index contributed by atoms with van der Waals surface area (Å²) in [4.78, 5) is 11.9. The Kier molecular flexibility index (Phi) is 5.75. The molecule has 6 heteroatoms. The molecule has 2 aromatic carbocycles. The Morgan fingerprint density at radius 1 is 1.30 bits per heavy atom. The first kappa shape index (κ1) is 16.6. The molecule has 0 radical (unpaired) electrons. The second-order valence-electron chi connectivity index (χ2n) is 4.45. The normalized spacial score (nSPS) is 10.2. The van der Waals surface area contributed by atoms with Gasteiger partial charge >= 0.3 is 0 Å². The predicted molar refractivity (Wildman–Crippen MR) is 88.6 cm³/mol. The number of aliphatic hydroxyl groups excluding tert-OH is 1. The minimum Gasteiger partial charge on any atom is -0.506 e. The van der Waals surface area contributed by atoms with E-state index in [1.165, 1.54) is 24.4 Å². The smallest absolute Gasteiger partial charge is 0.271 e. The number of amides is 1. The lowest BCUT2D eigenvalue weighted by Crippen LogP contribution is -2.17. The molecule has 0 bridgehead atoms. The van der Waals surface area contributed by atoms with Gasteiger partial charge in [0.25, 0.3) is 5.91 Å². The Labute approximate surface area is 138 Å². The van der Waals surface area contributed by atoms with Gasteiger partial charge in [-0.25, -0.2) is 5.43 Å². The fraction of sp³-hybridized carbons (Fsp3) is 0.0588. The topological polar surface area (TPSA) is 81.9 Å². The zero-order valence-corrected chi connectivity index (χ0v) is 12.7. The molecule has 0 unspecified atom stereocenters.